The molecule has 170 valence electrons. The average molecular weight is 402 g/mol. The van der Waals surface area contributed by atoms with Crippen LogP contribution in [0.3, 0.4) is 0 Å². The lowest BCUT2D eigenvalue weighted by Gasteiger charge is -2.17. The van der Waals surface area contributed by atoms with Gasteiger partial charge in [-0.15, -0.1) is 0 Å². The van der Waals surface area contributed by atoms with Crippen molar-refractivity contribution in [1.29, 1.82) is 0 Å². The number of ether oxygens (including phenoxy) is 1. The third kappa shape index (κ3) is 21.7. The molecule has 0 rings (SSSR count). The van der Waals surface area contributed by atoms with Crippen molar-refractivity contribution in [3.8, 4) is 0 Å². The molecule has 0 aliphatic carbocycles. The molecule has 0 heterocycles. The summed E-state index contributed by atoms with van der Waals surface area (Å²) in [7, 11) is 0. The molecule has 1 atom stereocenters. The molecule has 0 bridgehead atoms. The summed E-state index contributed by atoms with van der Waals surface area (Å²) in [6, 6.07) is 0. The normalized spacial score (nSPS) is 11.8. The van der Waals surface area contributed by atoms with E-state index in [1.807, 2.05) is 0 Å². The van der Waals surface area contributed by atoms with E-state index >= 15 is 0 Å². The van der Waals surface area contributed by atoms with Crippen molar-refractivity contribution in [2.75, 3.05) is 19.7 Å². The molecule has 0 amide bonds. The van der Waals surface area contributed by atoms with E-state index in [1.54, 1.807) is 0 Å². The monoisotopic (exact) mass is 401 g/mol. The molecule has 4 heteroatoms. The standard InChI is InChI=1S/C23H47NO3.CH4/c1-3-5-6-7-9-12-17-22(16-4-2)27-23(26)18-13-10-8-11-14-19-24-20-15-21-25;/h22,24-25H,3-21H2,1-2H3;1H4. The maximum absolute atomic E-state index is 12.1. The quantitative estimate of drug-likeness (QED) is 0.173. The number of hydrogen-bond acceptors (Lipinski definition) is 4. The van der Waals surface area contributed by atoms with Gasteiger partial charge in [0.25, 0.3) is 0 Å². The van der Waals surface area contributed by atoms with Crippen LogP contribution in [0.5, 0.6) is 0 Å². The van der Waals surface area contributed by atoms with Crippen LogP contribution in [0.1, 0.15) is 124 Å². The van der Waals surface area contributed by atoms with Gasteiger partial charge in [0, 0.05) is 13.0 Å². The van der Waals surface area contributed by atoms with Crippen LogP contribution in [0, 0.1) is 0 Å². The fraction of sp³-hybridized carbons (Fsp3) is 0.958. The van der Waals surface area contributed by atoms with Gasteiger partial charge in [-0.25, -0.2) is 0 Å². The van der Waals surface area contributed by atoms with Crippen molar-refractivity contribution in [2.45, 2.75) is 130 Å². The van der Waals surface area contributed by atoms with Crippen LogP contribution in [0.25, 0.3) is 0 Å². The Hall–Kier alpha value is -0.610. The van der Waals surface area contributed by atoms with Gasteiger partial charge in [0.2, 0.25) is 0 Å². The number of aliphatic hydroxyl groups is 1. The van der Waals surface area contributed by atoms with Crippen LogP contribution in [0.15, 0.2) is 0 Å². The lowest BCUT2D eigenvalue weighted by Crippen LogP contribution is -2.18. The zero-order valence-corrected chi connectivity index (χ0v) is 18.3. The second-order valence-electron chi connectivity index (χ2n) is 7.80. The Bertz CT molecular complexity index is 310. The van der Waals surface area contributed by atoms with Crippen LogP contribution in [-0.4, -0.2) is 36.9 Å². The molecule has 0 radical (unpaired) electrons. The van der Waals surface area contributed by atoms with Crippen LogP contribution in [-0.2, 0) is 9.53 Å². The highest BCUT2D eigenvalue weighted by molar-refractivity contribution is 5.69. The smallest absolute Gasteiger partial charge is 0.306 e. The summed E-state index contributed by atoms with van der Waals surface area (Å²) in [6.45, 7) is 6.61. The fourth-order valence-electron chi connectivity index (χ4n) is 3.36. The van der Waals surface area contributed by atoms with Crippen LogP contribution < -0.4 is 5.32 Å². The van der Waals surface area contributed by atoms with E-state index in [9.17, 15) is 4.79 Å². The maximum Gasteiger partial charge on any atom is 0.306 e. The van der Waals surface area contributed by atoms with Crippen molar-refractivity contribution in [2.24, 2.45) is 0 Å². The molecule has 1 unspecified atom stereocenters. The number of carbonyl (C=O) groups is 1. The first kappa shape index (κ1) is 29.6. The molecule has 0 aliphatic rings. The van der Waals surface area contributed by atoms with Crippen molar-refractivity contribution in [3.05, 3.63) is 0 Å². The summed E-state index contributed by atoms with van der Waals surface area (Å²) in [5.74, 6) is 0.00473. The zero-order chi connectivity index (χ0) is 20.0. The number of hydrogen-bond donors (Lipinski definition) is 2. The molecule has 0 saturated heterocycles. The second kappa shape index (κ2) is 24.4. The number of aliphatic hydroxyl groups excluding tert-OH is 1. The predicted molar refractivity (Wildman–Crippen MR) is 122 cm³/mol. The van der Waals surface area contributed by atoms with Gasteiger partial charge in [-0.2, -0.15) is 0 Å². The largest absolute Gasteiger partial charge is 0.462 e. The Balaban J connectivity index is 0. The highest BCUT2D eigenvalue weighted by atomic mass is 16.5. The third-order valence-electron chi connectivity index (χ3n) is 5.03. The van der Waals surface area contributed by atoms with Gasteiger partial charge < -0.3 is 15.2 Å². The Morgan fingerprint density at radius 2 is 1.39 bits per heavy atom. The molecular weight excluding hydrogens is 350 g/mol. The van der Waals surface area contributed by atoms with E-state index in [4.69, 9.17) is 9.84 Å². The van der Waals surface area contributed by atoms with Gasteiger partial charge in [0.05, 0.1) is 0 Å². The first-order valence-electron chi connectivity index (χ1n) is 11.8. The number of nitrogens with one attached hydrogen (secondary N) is 1. The van der Waals surface area contributed by atoms with E-state index < -0.39 is 0 Å². The van der Waals surface area contributed by atoms with E-state index in [2.05, 4.69) is 19.2 Å². The van der Waals surface area contributed by atoms with Gasteiger partial charge in [0.15, 0.2) is 0 Å². The summed E-state index contributed by atoms with van der Waals surface area (Å²) in [6.07, 6.45) is 18.0. The van der Waals surface area contributed by atoms with Gasteiger partial charge in [-0.05, 0) is 51.6 Å². The molecule has 28 heavy (non-hydrogen) atoms. The van der Waals surface area contributed by atoms with Gasteiger partial charge >= 0.3 is 5.97 Å². The summed E-state index contributed by atoms with van der Waals surface area (Å²) < 4.78 is 5.73. The highest BCUT2D eigenvalue weighted by Gasteiger charge is 2.13. The van der Waals surface area contributed by atoms with E-state index in [0.717, 1.165) is 51.6 Å². The van der Waals surface area contributed by atoms with E-state index in [1.165, 1.54) is 57.8 Å². The van der Waals surface area contributed by atoms with Crippen molar-refractivity contribution < 1.29 is 14.6 Å². The number of unbranched alkanes of at least 4 members (excludes halogenated alkanes) is 9. The van der Waals surface area contributed by atoms with Crippen molar-refractivity contribution >= 4 is 5.97 Å². The average Bonchev–Trinajstić information content (AvgIpc) is 2.66. The zero-order valence-electron chi connectivity index (χ0n) is 18.3. The molecule has 0 aromatic heterocycles. The Morgan fingerprint density at radius 3 is 2.07 bits per heavy atom. The molecule has 0 aliphatic heterocycles. The Morgan fingerprint density at radius 1 is 0.786 bits per heavy atom. The van der Waals surface area contributed by atoms with Crippen LogP contribution >= 0.6 is 0 Å². The lowest BCUT2D eigenvalue weighted by atomic mass is 10.0. The predicted octanol–water partition coefficient (Wildman–Crippen LogP) is 6.40. The summed E-state index contributed by atoms with van der Waals surface area (Å²) >= 11 is 0. The summed E-state index contributed by atoms with van der Waals surface area (Å²) in [4.78, 5) is 12.1. The summed E-state index contributed by atoms with van der Waals surface area (Å²) in [5.41, 5.74) is 0. The minimum Gasteiger partial charge on any atom is -0.462 e. The first-order valence-corrected chi connectivity index (χ1v) is 11.8. The topological polar surface area (TPSA) is 58.6 Å². The third-order valence-corrected chi connectivity index (χ3v) is 5.03. The molecule has 4 nitrogen and oxygen atoms in total. The molecular formula is C24H51NO3. The minimum atomic E-state index is 0. The molecule has 2 N–H and O–H groups in total. The second-order valence-corrected chi connectivity index (χ2v) is 7.80. The molecule has 0 fully saturated rings. The summed E-state index contributed by atoms with van der Waals surface area (Å²) in [5, 5.41) is 12.0. The van der Waals surface area contributed by atoms with Crippen molar-refractivity contribution in [3.63, 3.8) is 0 Å². The van der Waals surface area contributed by atoms with Crippen molar-refractivity contribution in [1.82, 2.24) is 5.32 Å². The minimum absolute atomic E-state index is 0. The number of carbonyl (C=O) groups excluding carboxylic acids is 1. The van der Waals surface area contributed by atoms with Gasteiger partial charge in [0.1, 0.15) is 6.10 Å². The molecule has 0 aromatic carbocycles. The maximum atomic E-state index is 12.1. The van der Waals surface area contributed by atoms with Gasteiger partial charge in [-0.3, -0.25) is 4.79 Å². The van der Waals surface area contributed by atoms with E-state index in [0.29, 0.717) is 6.42 Å². The molecule has 0 saturated carbocycles. The lowest BCUT2D eigenvalue weighted by molar-refractivity contribution is -0.150. The molecule has 0 spiro atoms. The van der Waals surface area contributed by atoms with Gasteiger partial charge in [-0.1, -0.05) is 79.1 Å². The Labute approximate surface area is 176 Å². The first-order chi connectivity index (χ1) is 13.2. The highest BCUT2D eigenvalue weighted by Crippen LogP contribution is 2.15. The number of esters is 1. The van der Waals surface area contributed by atoms with Crippen LogP contribution in [0.4, 0.5) is 0 Å². The van der Waals surface area contributed by atoms with E-state index in [-0.39, 0.29) is 26.1 Å². The molecule has 0 aromatic rings. The van der Waals surface area contributed by atoms with Crippen LogP contribution in [0.2, 0.25) is 0 Å². The fourth-order valence-corrected chi connectivity index (χ4v) is 3.36. The number of rotatable bonds is 21. The SMILES string of the molecule is C.CCCCCCCCC(CCC)OC(=O)CCCCCCCNCCCO. The Kier molecular flexibility index (Phi) is 25.8.